The van der Waals surface area contributed by atoms with Crippen LogP contribution >= 0.6 is 0 Å². The second kappa shape index (κ2) is 9.35. The molecule has 0 aromatic rings. The number of methoxy groups -OCH3 is 1. The molecule has 20 heavy (non-hydrogen) atoms. The van der Waals surface area contributed by atoms with Crippen molar-refractivity contribution in [3.63, 3.8) is 0 Å². The van der Waals surface area contributed by atoms with Crippen LogP contribution in [-0.2, 0) is 9.53 Å². The molecule has 0 saturated carbocycles. The number of carbonyl (C=O) groups is 1. The lowest BCUT2D eigenvalue weighted by molar-refractivity contribution is -0.148. The molecule has 1 heterocycles. The number of nitrogens with zero attached hydrogens (tertiary/aromatic N) is 1. The van der Waals surface area contributed by atoms with Crippen LogP contribution in [0.5, 0.6) is 0 Å². The first-order valence-corrected chi connectivity index (χ1v) is 8.18. The van der Waals surface area contributed by atoms with Gasteiger partial charge in [-0.2, -0.15) is 0 Å². The van der Waals surface area contributed by atoms with E-state index < -0.39 is 5.54 Å². The zero-order valence-corrected chi connectivity index (χ0v) is 13.5. The van der Waals surface area contributed by atoms with E-state index in [1.54, 1.807) is 0 Å². The Kier molecular flexibility index (Phi) is 8.15. The molecule has 4 heteroatoms. The molecular weight excluding hydrogens is 252 g/mol. The fraction of sp³-hybridized carbons (Fsp3) is 0.938. The molecule has 1 aliphatic rings. The van der Waals surface area contributed by atoms with Gasteiger partial charge in [-0.1, -0.05) is 26.2 Å². The lowest BCUT2D eigenvalue weighted by Gasteiger charge is -2.32. The summed E-state index contributed by atoms with van der Waals surface area (Å²) < 4.78 is 4.98. The quantitative estimate of drug-likeness (QED) is 0.730. The molecule has 1 rings (SSSR count). The Morgan fingerprint density at radius 1 is 1.20 bits per heavy atom. The monoisotopic (exact) mass is 284 g/mol. The minimum absolute atomic E-state index is 0.141. The third-order valence-corrected chi connectivity index (χ3v) is 4.28. The number of hydrogen-bond acceptors (Lipinski definition) is 4. The van der Waals surface area contributed by atoms with Gasteiger partial charge in [0.05, 0.1) is 7.11 Å². The van der Waals surface area contributed by atoms with Crippen LogP contribution in [-0.4, -0.2) is 49.7 Å². The molecule has 1 atom stereocenters. The SMILES string of the molecule is CCCNC(C)(CCN1CCCCCCC1)C(=O)OC. The maximum atomic E-state index is 12.0. The number of nitrogens with one attached hydrogen (secondary N) is 1. The fourth-order valence-corrected chi connectivity index (χ4v) is 2.81. The molecule has 118 valence electrons. The average Bonchev–Trinajstić information content (AvgIpc) is 2.43. The molecule has 0 radical (unpaired) electrons. The highest BCUT2D eigenvalue weighted by Gasteiger charge is 2.33. The van der Waals surface area contributed by atoms with E-state index in [1.807, 2.05) is 6.92 Å². The standard InChI is InChI=1S/C16H32N2O2/c1-4-11-17-16(2,15(19)20-3)10-14-18-12-8-6-5-7-9-13-18/h17H,4-14H2,1-3H3. The third kappa shape index (κ3) is 5.80. The Morgan fingerprint density at radius 3 is 2.35 bits per heavy atom. The Bertz CT molecular complexity index is 276. The number of carbonyl (C=O) groups excluding carboxylic acids is 1. The highest BCUT2D eigenvalue weighted by Crippen LogP contribution is 2.16. The molecular formula is C16H32N2O2. The van der Waals surface area contributed by atoms with Gasteiger partial charge in [0, 0.05) is 6.54 Å². The number of rotatable bonds is 7. The first-order valence-electron chi connectivity index (χ1n) is 8.18. The largest absolute Gasteiger partial charge is 0.468 e. The highest BCUT2D eigenvalue weighted by atomic mass is 16.5. The summed E-state index contributed by atoms with van der Waals surface area (Å²) in [6.07, 6.45) is 8.49. The van der Waals surface area contributed by atoms with Gasteiger partial charge in [-0.05, 0) is 52.2 Å². The van der Waals surface area contributed by atoms with Gasteiger partial charge in [-0.3, -0.25) is 4.79 Å². The molecule has 1 saturated heterocycles. The number of likely N-dealkylation sites (tertiary alicyclic amines) is 1. The van der Waals surface area contributed by atoms with Gasteiger partial charge >= 0.3 is 5.97 Å². The molecule has 0 spiro atoms. The van der Waals surface area contributed by atoms with Crippen LogP contribution in [0.3, 0.4) is 0 Å². The Morgan fingerprint density at radius 2 is 1.80 bits per heavy atom. The van der Waals surface area contributed by atoms with E-state index in [2.05, 4.69) is 17.1 Å². The minimum Gasteiger partial charge on any atom is -0.468 e. The summed E-state index contributed by atoms with van der Waals surface area (Å²) in [6.45, 7) is 8.26. The maximum Gasteiger partial charge on any atom is 0.325 e. The van der Waals surface area contributed by atoms with Gasteiger partial charge < -0.3 is 15.0 Å². The average molecular weight is 284 g/mol. The summed E-state index contributed by atoms with van der Waals surface area (Å²) >= 11 is 0. The van der Waals surface area contributed by atoms with E-state index in [4.69, 9.17) is 4.74 Å². The van der Waals surface area contributed by atoms with E-state index in [0.29, 0.717) is 0 Å². The second-order valence-electron chi connectivity index (χ2n) is 6.11. The molecule has 1 N–H and O–H groups in total. The topological polar surface area (TPSA) is 41.6 Å². The van der Waals surface area contributed by atoms with Crippen molar-refractivity contribution in [2.45, 2.75) is 64.3 Å². The molecule has 0 aromatic heterocycles. The summed E-state index contributed by atoms with van der Waals surface area (Å²) in [4.78, 5) is 14.5. The van der Waals surface area contributed by atoms with Crippen molar-refractivity contribution in [2.24, 2.45) is 0 Å². The van der Waals surface area contributed by atoms with Crippen molar-refractivity contribution in [3.8, 4) is 0 Å². The first-order chi connectivity index (χ1) is 9.62. The van der Waals surface area contributed by atoms with Gasteiger partial charge in [0.1, 0.15) is 5.54 Å². The Hall–Kier alpha value is -0.610. The van der Waals surface area contributed by atoms with E-state index in [0.717, 1.165) is 25.9 Å². The van der Waals surface area contributed by atoms with E-state index in [-0.39, 0.29) is 5.97 Å². The summed E-state index contributed by atoms with van der Waals surface area (Å²) in [5.41, 5.74) is -0.548. The molecule has 0 bridgehead atoms. The van der Waals surface area contributed by atoms with Crippen molar-refractivity contribution < 1.29 is 9.53 Å². The van der Waals surface area contributed by atoms with Crippen molar-refractivity contribution >= 4 is 5.97 Å². The second-order valence-corrected chi connectivity index (χ2v) is 6.11. The molecule has 0 aliphatic carbocycles. The first kappa shape index (κ1) is 17.4. The van der Waals surface area contributed by atoms with E-state index in [9.17, 15) is 4.79 Å². The molecule has 1 aliphatic heterocycles. The maximum absolute atomic E-state index is 12.0. The summed E-state index contributed by atoms with van der Waals surface area (Å²) in [7, 11) is 1.48. The lowest BCUT2D eigenvalue weighted by atomic mass is 9.96. The van der Waals surface area contributed by atoms with E-state index >= 15 is 0 Å². The highest BCUT2D eigenvalue weighted by molar-refractivity contribution is 5.80. The van der Waals surface area contributed by atoms with Crippen LogP contribution in [0.15, 0.2) is 0 Å². The van der Waals surface area contributed by atoms with Crippen molar-refractivity contribution in [1.29, 1.82) is 0 Å². The number of ether oxygens (including phenoxy) is 1. The zero-order valence-electron chi connectivity index (χ0n) is 13.5. The Labute approximate surface area is 124 Å². The van der Waals surface area contributed by atoms with Crippen LogP contribution < -0.4 is 5.32 Å². The molecule has 1 unspecified atom stereocenters. The van der Waals surface area contributed by atoms with Gasteiger partial charge in [0.2, 0.25) is 0 Å². The van der Waals surface area contributed by atoms with Gasteiger partial charge in [-0.15, -0.1) is 0 Å². The van der Waals surface area contributed by atoms with Crippen molar-refractivity contribution in [2.75, 3.05) is 33.3 Å². The van der Waals surface area contributed by atoms with Gasteiger partial charge in [0.15, 0.2) is 0 Å². The van der Waals surface area contributed by atoms with Crippen LogP contribution in [0, 0.1) is 0 Å². The zero-order chi connectivity index (χ0) is 14.8. The number of esters is 1. The molecule has 1 fully saturated rings. The Balaban J connectivity index is 2.48. The summed E-state index contributed by atoms with van der Waals surface area (Å²) in [5, 5.41) is 3.36. The molecule has 0 amide bonds. The van der Waals surface area contributed by atoms with Crippen molar-refractivity contribution in [3.05, 3.63) is 0 Å². The van der Waals surface area contributed by atoms with Gasteiger partial charge in [0.25, 0.3) is 0 Å². The van der Waals surface area contributed by atoms with Crippen LogP contribution in [0.25, 0.3) is 0 Å². The minimum atomic E-state index is -0.548. The molecule has 0 aromatic carbocycles. The normalized spacial score (nSPS) is 20.8. The smallest absolute Gasteiger partial charge is 0.325 e. The van der Waals surface area contributed by atoms with Crippen LogP contribution in [0.2, 0.25) is 0 Å². The van der Waals surface area contributed by atoms with Crippen molar-refractivity contribution in [1.82, 2.24) is 10.2 Å². The predicted octanol–water partition coefficient (Wildman–Crippen LogP) is 2.57. The van der Waals surface area contributed by atoms with Crippen LogP contribution in [0.1, 0.15) is 58.8 Å². The number of hydrogen-bond donors (Lipinski definition) is 1. The fourth-order valence-electron chi connectivity index (χ4n) is 2.81. The summed E-state index contributed by atoms with van der Waals surface area (Å²) in [5.74, 6) is -0.141. The van der Waals surface area contributed by atoms with E-state index in [1.165, 1.54) is 52.3 Å². The lowest BCUT2D eigenvalue weighted by Crippen LogP contribution is -2.52. The molecule has 4 nitrogen and oxygen atoms in total. The third-order valence-electron chi connectivity index (χ3n) is 4.28. The predicted molar refractivity (Wildman–Crippen MR) is 82.9 cm³/mol. The van der Waals surface area contributed by atoms with Gasteiger partial charge in [-0.25, -0.2) is 0 Å². The summed E-state index contributed by atoms with van der Waals surface area (Å²) in [6, 6.07) is 0. The van der Waals surface area contributed by atoms with Crippen LogP contribution in [0.4, 0.5) is 0 Å².